The molecule has 0 aliphatic heterocycles. The summed E-state index contributed by atoms with van der Waals surface area (Å²) in [4.78, 5) is 11.7. The number of carbonyl (C=O) groups excluding carboxylic acids is 1. The standard InChI is InChI=1S/C14H20F2N2O/c1-9(2)7-12(14(19)17-3)18-8-10-5-4-6-11(15)13(10)16/h4-6,9,12,18H,7-8H2,1-3H3,(H,17,19). The molecular weight excluding hydrogens is 250 g/mol. The Balaban J connectivity index is 2.70. The van der Waals surface area contributed by atoms with Crippen LogP contribution in [-0.4, -0.2) is 19.0 Å². The highest BCUT2D eigenvalue weighted by Gasteiger charge is 2.18. The molecule has 1 aromatic carbocycles. The van der Waals surface area contributed by atoms with Crippen molar-refractivity contribution < 1.29 is 13.6 Å². The third kappa shape index (κ3) is 4.59. The predicted octanol–water partition coefficient (Wildman–Crippen LogP) is 2.22. The van der Waals surface area contributed by atoms with Gasteiger partial charge < -0.3 is 10.6 Å². The first-order chi connectivity index (χ1) is 8.95. The Bertz CT molecular complexity index is 435. The summed E-state index contributed by atoms with van der Waals surface area (Å²) >= 11 is 0. The number of halogens is 2. The van der Waals surface area contributed by atoms with E-state index in [1.165, 1.54) is 12.1 Å². The van der Waals surface area contributed by atoms with E-state index in [-0.39, 0.29) is 18.0 Å². The van der Waals surface area contributed by atoms with Crippen molar-refractivity contribution in [3.05, 3.63) is 35.4 Å². The van der Waals surface area contributed by atoms with Crippen LogP contribution in [0.1, 0.15) is 25.8 Å². The van der Waals surface area contributed by atoms with E-state index >= 15 is 0 Å². The number of amides is 1. The van der Waals surface area contributed by atoms with E-state index in [4.69, 9.17) is 0 Å². The van der Waals surface area contributed by atoms with Gasteiger partial charge >= 0.3 is 0 Å². The zero-order valence-electron chi connectivity index (χ0n) is 11.5. The number of nitrogens with one attached hydrogen (secondary N) is 2. The fourth-order valence-corrected chi connectivity index (χ4v) is 1.85. The monoisotopic (exact) mass is 270 g/mol. The highest BCUT2D eigenvalue weighted by molar-refractivity contribution is 5.81. The van der Waals surface area contributed by atoms with Crippen molar-refractivity contribution >= 4 is 5.91 Å². The summed E-state index contributed by atoms with van der Waals surface area (Å²) in [5, 5.41) is 5.53. The molecule has 1 rings (SSSR count). The second kappa shape index (κ2) is 7.19. The van der Waals surface area contributed by atoms with Gasteiger partial charge in [0.15, 0.2) is 11.6 Å². The minimum atomic E-state index is -0.875. The minimum absolute atomic E-state index is 0.119. The molecule has 3 nitrogen and oxygen atoms in total. The fourth-order valence-electron chi connectivity index (χ4n) is 1.85. The molecule has 0 bridgehead atoms. The van der Waals surface area contributed by atoms with Gasteiger partial charge in [0.25, 0.3) is 0 Å². The molecule has 1 atom stereocenters. The first-order valence-electron chi connectivity index (χ1n) is 6.33. The Morgan fingerprint density at radius 1 is 1.32 bits per heavy atom. The average Bonchev–Trinajstić information content (AvgIpc) is 2.37. The molecule has 0 heterocycles. The zero-order valence-corrected chi connectivity index (χ0v) is 11.5. The Hall–Kier alpha value is -1.49. The lowest BCUT2D eigenvalue weighted by atomic mass is 10.0. The second-order valence-electron chi connectivity index (χ2n) is 4.89. The molecular formula is C14H20F2N2O. The van der Waals surface area contributed by atoms with Gasteiger partial charge in [0, 0.05) is 19.2 Å². The minimum Gasteiger partial charge on any atom is -0.358 e. The van der Waals surface area contributed by atoms with Crippen molar-refractivity contribution in [1.82, 2.24) is 10.6 Å². The molecule has 0 radical (unpaired) electrons. The molecule has 0 aliphatic carbocycles. The maximum Gasteiger partial charge on any atom is 0.236 e. The van der Waals surface area contributed by atoms with E-state index in [0.29, 0.717) is 12.3 Å². The molecule has 0 saturated heterocycles. The maximum atomic E-state index is 13.5. The number of hydrogen-bond acceptors (Lipinski definition) is 2. The van der Waals surface area contributed by atoms with Crippen LogP contribution < -0.4 is 10.6 Å². The summed E-state index contributed by atoms with van der Waals surface area (Å²) < 4.78 is 26.5. The largest absolute Gasteiger partial charge is 0.358 e. The summed E-state index contributed by atoms with van der Waals surface area (Å²) in [5.74, 6) is -1.56. The van der Waals surface area contributed by atoms with Crippen molar-refractivity contribution in [2.45, 2.75) is 32.9 Å². The number of benzene rings is 1. The summed E-state index contributed by atoms with van der Waals surface area (Å²) in [6.45, 7) is 4.12. The van der Waals surface area contributed by atoms with E-state index in [2.05, 4.69) is 10.6 Å². The second-order valence-corrected chi connectivity index (χ2v) is 4.89. The Kier molecular flexibility index (Phi) is 5.89. The van der Waals surface area contributed by atoms with Crippen LogP contribution in [0, 0.1) is 17.6 Å². The lowest BCUT2D eigenvalue weighted by Crippen LogP contribution is -2.43. The Morgan fingerprint density at radius 2 is 2.00 bits per heavy atom. The Morgan fingerprint density at radius 3 is 2.58 bits per heavy atom. The number of hydrogen-bond donors (Lipinski definition) is 2. The highest BCUT2D eigenvalue weighted by atomic mass is 19.2. The zero-order chi connectivity index (χ0) is 14.4. The van der Waals surface area contributed by atoms with Crippen LogP contribution in [0.15, 0.2) is 18.2 Å². The van der Waals surface area contributed by atoms with Gasteiger partial charge in [0.05, 0.1) is 6.04 Å². The molecule has 1 amide bonds. The van der Waals surface area contributed by atoms with Crippen molar-refractivity contribution in [2.75, 3.05) is 7.05 Å². The summed E-state index contributed by atoms with van der Waals surface area (Å²) in [5.41, 5.74) is 0.220. The van der Waals surface area contributed by atoms with Crippen LogP contribution in [0.3, 0.4) is 0 Å². The van der Waals surface area contributed by atoms with E-state index in [1.807, 2.05) is 13.8 Å². The number of likely N-dealkylation sites (N-methyl/N-ethyl adjacent to an activating group) is 1. The highest BCUT2D eigenvalue weighted by Crippen LogP contribution is 2.12. The third-order valence-corrected chi connectivity index (χ3v) is 2.84. The molecule has 106 valence electrons. The molecule has 5 heteroatoms. The topological polar surface area (TPSA) is 41.1 Å². The fraction of sp³-hybridized carbons (Fsp3) is 0.500. The van der Waals surface area contributed by atoms with E-state index in [0.717, 1.165) is 6.07 Å². The molecule has 0 aromatic heterocycles. The number of rotatable bonds is 6. The van der Waals surface area contributed by atoms with Crippen molar-refractivity contribution in [2.24, 2.45) is 5.92 Å². The van der Waals surface area contributed by atoms with Crippen molar-refractivity contribution in [3.63, 3.8) is 0 Å². The van der Waals surface area contributed by atoms with Gasteiger partial charge in [-0.3, -0.25) is 4.79 Å². The van der Waals surface area contributed by atoms with Crippen LogP contribution in [0.25, 0.3) is 0 Å². The first kappa shape index (κ1) is 15.6. The summed E-state index contributed by atoms with van der Waals surface area (Å²) in [7, 11) is 1.56. The smallest absolute Gasteiger partial charge is 0.236 e. The quantitative estimate of drug-likeness (QED) is 0.832. The lowest BCUT2D eigenvalue weighted by Gasteiger charge is -2.19. The van der Waals surface area contributed by atoms with Crippen LogP contribution in [0.4, 0.5) is 8.78 Å². The van der Waals surface area contributed by atoms with Crippen LogP contribution >= 0.6 is 0 Å². The average molecular weight is 270 g/mol. The lowest BCUT2D eigenvalue weighted by molar-refractivity contribution is -0.123. The SMILES string of the molecule is CNC(=O)C(CC(C)C)NCc1cccc(F)c1F. The van der Waals surface area contributed by atoms with Gasteiger partial charge in [-0.15, -0.1) is 0 Å². The predicted molar refractivity (Wildman–Crippen MR) is 70.5 cm³/mol. The third-order valence-electron chi connectivity index (χ3n) is 2.84. The van der Waals surface area contributed by atoms with Gasteiger partial charge in [-0.1, -0.05) is 26.0 Å². The molecule has 1 unspecified atom stereocenters. The molecule has 2 N–H and O–H groups in total. The molecule has 0 aliphatic rings. The summed E-state index contributed by atoms with van der Waals surface area (Å²) in [6.07, 6.45) is 0.636. The molecule has 19 heavy (non-hydrogen) atoms. The van der Waals surface area contributed by atoms with Crippen LogP contribution in [0.5, 0.6) is 0 Å². The summed E-state index contributed by atoms with van der Waals surface area (Å²) in [6, 6.07) is 3.62. The van der Waals surface area contributed by atoms with Crippen molar-refractivity contribution in [3.8, 4) is 0 Å². The van der Waals surface area contributed by atoms with Crippen LogP contribution in [-0.2, 0) is 11.3 Å². The van der Waals surface area contributed by atoms with Gasteiger partial charge in [-0.2, -0.15) is 0 Å². The Labute approximate surface area is 112 Å². The maximum absolute atomic E-state index is 13.5. The van der Waals surface area contributed by atoms with Gasteiger partial charge in [-0.05, 0) is 18.4 Å². The molecule has 0 saturated carbocycles. The van der Waals surface area contributed by atoms with Crippen molar-refractivity contribution in [1.29, 1.82) is 0 Å². The van der Waals surface area contributed by atoms with Crippen LogP contribution in [0.2, 0.25) is 0 Å². The molecule has 0 spiro atoms. The normalized spacial score (nSPS) is 12.5. The van der Waals surface area contributed by atoms with E-state index in [1.54, 1.807) is 7.05 Å². The molecule has 1 aromatic rings. The first-order valence-corrected chi connectivity index (χ1v) is 6.33. The van der Waals surface area contributed by atoms with E-state index < -0.39 is 17.7 Å². The number of carbonyl (C=O) groups is 1. The molecule has 0 fully saturated rings. The van der Waals surface area contributed by atoms with E-state index in [9.17, 15) is 13.6 Å². The van der Waals surface area contributed by atoms with Gasteiger partial charge in [0.1, 0.15) is 0 Å². The van der Waals surface area contributed by atoms with Gasteiger partial charge in [-0.25, -0.2) is 8.78 Å². The van der Waals surface area contributed by atoms with Gasteiger partial charge in [0.2, 0.25) is 5.91 Å².